The average Bonchev–Trinajstić information content (AvgIpc) is 2.70. The van der Waals surface area contributed by atoms with E-state index in [1.54, 1.807) is 0 Å². The monoisotopic (exact) mass is 393 g/mol. The second-order valence-electron chi connectivity index (χ2n) is 7.96. The zero-order valence-corrected chi connectivity index (χ0v) is 17.4. The highest BCUT2D eigenvalue weighted by Crippen LogP contribution is 2.10. The van der Waals surface area contributed by atoms with Crippen LogP contribution in [0, 0.1) is 6.92 Å². The molecule has 5 heteroatoms. The summed E-state index contributed by atoms with van der Waals surface area (Å²) in [5, 5.41) is 2.93. The molecule has 1 N–H and O–H groups in total. The molecule has 3 rings (SSSR count). The molecule has 1 fully saturated rings. The Labute approximate surface area is 173 Å². The number of ketones is 1. The highest BCUT2D eigenvalue weighted by atomic mass is 16.2. The predicted molar refractivity (Wildman–Crippen MR) is 116 cm³/mol. The standard InChI is InChI=1S/C24H31N3O2/c1-19-7-6-10-22(15-19)17-26-11-13-27(14-12-26)18-24(29)25-23(20(2)28)16-21-8-4-3-5-9-21/h3-10,15,23H,11-14,16-18H2,1-2H3,(H,25,29)/t23-/m1/s1. The summed E-state index contributed by atoms with van der Waals surface area (Å²) in [6, 6.07) is 18.0. The fourth-order valence-electron chi connectivity index (χ4n) is 3.76. The normalized spacial score (nSPS) is 16.3. The van der Waals surface area contributed by atoms with Gasteiger partial charge in [-0.2, -0.15) is 0 Å². The number of nitrogens with one attached hydrogen (secondary N) is 1. The lowest BCUT2D eigenvalue weighted by Gasteiger charge is -2.34. The van der Waals surface area contributed by atoms with Crippen molar-refractivity contribution >= 4 is 11.7 Å². The summed E-state index contributed by atoms with van der Waals surface area (Å²) in [5.41, 5.74) is 3.67. The van der Waals surface area contributed by atoms with E-state index >= 15 is 0 Å². The Morgan fingerprint density at radius 2 is 1.59 bits per heavy atom. The van der Waals surface area contributed by atoms with Crippen LogP contribution in [-0.2, 0) is 22.6 Å². The number of carbonyl (C=O) groups is 2. The van der Waals surface area contributed by atoms with Gasteiger partial charge in [-0.05, 0) is 31.4 Å². The Balaban J connectivity index is 1.44. The smallest absolute Gasteiger partial charge is 0.234 e. The van der Waals surface area contributed by atoms with Crippen molar-refractivity contribution in [2.24, 2.45) is 0 Å². The van der Waals surface area contributed by atoms with Gasteiger partial charge in [-0.15, -0.1) is 0 Å². The quantitative estimate of drug-likeness (QED) is 0.748. The molecule has 2 aromatic rings. The number of hydrogen-bond acceptors (Lipinski definition) is 4. The summed E-state index contributed by atoms with van der Waals surface area (Å²) in [6.45, 7) is 8.57. The van der Waals surface area contributed by atoms with Crippen molar-refractivity contribution < 1.29 is 9.59 Å². The lowest BCUT2D eigenvalue weighted by Crippen LogP contribution is -2.51. The molecular formula is C24H31N3O2. The average molecular weight is 394 g/mol. The van der Waals surface area contributed by atoms with Crippen LogP contribution in [0.4, 0.5) is 0 Å². The van der Waals surface area contributed by atoms with Crippen LogP contribution in [0.2, 0.25) is 0 Å². The molecular weight excluding hydrogens is 362 g/mol. The van der Waals surface area contributed by atoms with Crippen molar-refractivity contribution in [1.82, 2.24) is 15.1 Å². The molecule has 0 saturated carbocycles. The van der Waals surface area contributed by atoms with Crippen LogP contribution in [0.25, 0.3) is 0 Å². The number of rotatable bonds is 8. The first-order chi connectivity index (χ1) is 14.0. The number of nitrogens with zero attached hydrogens (tertiary/aromatic N) is 2. The number of amides is 1. The zero-order chi connectivity index (χ0) is 20.6. The highest BCUT2D eigenvalue weighted by molar-refractivity contribution is 5.88. The zero-order valence-electron chi connectivity index (χ0n) is 17.4. The maximum absolute atomic E-state index is 12.5. The molecule has 0 spiro atoms. The third-order valence-corrected chi connectivity index (χ3v) is 5.43. The van der Waals surface area contributed by atoms with Crippen molar-refractivity contribution in [3.63, 3.8) is 0 Å². The molecule has 0 bridgehead atoms. The van der Waals surface area contributed by atoms with E-state index in [0.717, 1.165) is 38.3 Å². The summed E-state index contributed by atoms with van der Waals surface area (Å²) >= 11 is 0. The number of piperazine rings is 1. The Kier molecular flexibility index (Phi) is 7.55. The molecule has 1 heterocycles. The van der Waals surface area contributed by atoms with Gasteiger partial charge in [0.05, 0.1) is 12.6 Å². The molecule has 154 valence electrons. The Hall–Kier alpha value is -2.50. The van der Waals surface area contributed by atoms with Crippen LogP contribution in [0.1, 0.15) is 23.6 Å². The molecule has 2 aromatic carbocycles. The van der Waals surface area contributed by atoms with Crippen LogP contribution in [-0.4, -0.2) is 60.3 Å². The largest absolute Gasteiger partial charge is 0.345 e. The topological polar surface area (TPSA) is 52.7 Å². The molecule has 0 radical (unpaired) electrons. The molecule has 5 nitrogen and oxygen atoms in total. The number of hydrogen-bond donors (Lipinski definition) is 1. The maximum Gasteiger partial charge on any atom is 0.234 e. The molecule has 0 aromatic heterocycles. The Morgan fingerprint density at radius 3 is 2.24 bits per heavy atom. The van der Waals surface area contributed by atoms with Crippen LogP contribution in [0.3, 0.4) is 0 Å². The van der Waals surface area contributed by atoms with E-state index in [0.29, 0.717) is 13.0 Å². The molecule has 1 saturated heterocycles. The summed E-state index contributed by atoms with van der Waals surface area (Å²) in [7, 11) is 0. The first kappa shape index (κ1) is 21.2. The van der Waals surface area contributed by atoms with Gasteiger partial charge >= 0.3 is 0 Å². The van der Waals surface area contributed by atoms with E-state index in [1.165, 1.54) is 18.1 Å². The van der Waals surface area contributed by atoms with Crippen molar-refractivity contribution in [2.45, 2.75) is 32.9 Å². The van der Waals surface area contributed by atoms with Crippen LogP contribution >= 0.6 is 0 Å². The van der Waals surface area contributed by atoms with Gasteiger partial charge in [0.15, 0.2) is 5.78 Å². The van der Waals surface area contributed by atoms with Crippen molar-refractivity contribution in [2.75, 3.05) is 32.7 Å². The van der Waals surface area contributed by atoms with Gasteiger partial charge in [-0.1, -0.05) is 60.2 Å². The van der Waals surface area contributed by atoms with E-state index in [1.807, 2.05) is 30.3 Å². The Morgan fingerprint density at radius 1 is 0.931 bits per heavy atom. The van der Waals surface area contributed by atoms with Crippen molar-refractivity contribution in [3.8, 4) is 0 Å². The minimum atomic E-state index is -0.465. The summed E-state index contributed by atoms with van der Waals surface area (Å²) < 4.78 is 0. The number of aryl methyl sites for hydroxylation is 1. The third-order valence-electron chi connectivity index (χ3n) is 5.43. The molecule has 0 unspecified atom stereocenters. The number of carbonyl (C=O) groups excluding carboxylic acids is 2. The summed E-state index contributed by atoms with van der Waals surface area (Å²) in [6.07, 6.45) is 0.534. The van der Waals surface area contributed by atoms with Crippen molar-refractivity contribution in [3.05, 3.63) is 71.3 Å². The second-order valence-corrected chi connectivity index (χ2v) is 7.96. The first-order valence-corrected chi connectivity index (χ1v) is 10.3. The van der Waals surface area contributed by atoms with E-state index in [-0.39, 0.29) is 11.7 Å². The maximum atomic E-state index is 12.5. The minimum absolute atomic E-state index is 0.00910. The lowest BCUT2D eigenvalue weighted by atomic mass is 10.0. The number of benzene rings is 2. The van der Waals surface area contributed by atoms with Gasteiger partial charge in [-0.3, -0.25) is 19.4 Å². The van der Waals surface area contributed by atoms with Crippen LogP contribution in [0.5, 0.6) is 0 Å². The van der Waals surface area contributed by atoms with Gasteiger partial charge in [0.2, 0.25) is 5.91 Å². The summed E-state index contributed by atoms with van der Waals surface area (Å²) in [4.78, 5) is 29.1. The van der Waals surface area contributed by atoms with Gasteiger partial charge in [0, 0.05) is 32.7 Å². The fourth-order valence-corrected chi connectivity index (χ4v) is 3.76. The van der Waals surface area contributed by atoms with Gasteiger partial charge < -0.3 is 5.32 Å². The second kappa shape index (κ2) is 10.3. The Bertz CT molecular complexity index is 814. The van der Waals surface area contributed by atoms with E-state index < -0.39 is 6.04 Å². The van der Waals surface area contributed by atoms with E-state index in [4.69, 9.17) is 0 Å². The van der Waals surface area contributed by atoms with Crippen LogP contribution < -0.4 is 5.32 Å². The minimum Gasteiger partial charge on any atom is -0.345 e. The number of Topliss-reactive ketones (excluding diaryl/α,β-unsaturated/α-hetero) is 1. The fraction of sp³-hybridized carbons (Fsp3) is 0.417. The predicted octanol–water partition coefficient (Wildman–Crippen LogP) is 2.43. The summed E-state index contributed by atoms with van der Waals surface area (Å²) in [5.74, 6) is -0.0848. The van der Waals surface area contributed by atoms with Gasteiger partial charge in [0.25, 0.3) is 0 Å². The molecule has 29 heavy (non-hydrogen) atoms. The molecule has 1 amide bonds. The molecule has 0 aliphatic carbocycles. The molecule has 1 aliphatic rings. The van der Waals surface area contributed by atoms with Gasteiger partial charge in [0.1, 0.15) is 0 Å². The molecule has 1 atom stereocenters. The third kappa shape index (κ3) is 6.80. The molecule has 1 aliphatic heterocycles. The SMILES string of the molecule is CC(=O)[C@@H](Cc1ccccc1)NC(=O)CN1CCN(Cc2cccc(C)c2)CC1. The van der Waals surface area contributed by atoms with Crippen LogP contribution in [0.15, 0.2) is 54.6 Å². The van der Waals surface area contributed by atoms with Gasteiger partial charge in [-0.25, -0.2) is 0 Å². The van der Waals surface area contributed by atoms with E-state index in [9.17, 15) is 9.59 Å². The highest BCUT2D eigenvalue weighted by Gasteiger charge is 2.22. The first-order valence-electron chi connectivity index (χ1n) is 10.3. The lowest BCUT2D eigenvalue weighted by molar-refractivity contribution is -0.127. The van der Waals surface area contributed by atoms with E-state index in [2.05, 4.69) is 46.3 Å². The van der Waals surface area contributed by atoms with Crippen molar-refractivity contribution in [1.29, 1.82) is 0 Å².